The van der Waals surface area contributed by atoms with Crippen molar-refractivity contribution >= 4 is 29.5 Å². The van der Waals surface area contributed by atoms with Gasteiger partial charge in [0.15, 0.2) is 0 Å². The van der Waals surface area contributed by atoms with Gasteiger partial charge in [0, 0.05) is 17.3 Å². The quantitative estimate of drug-likeness (QED) is 0.484. The highest BCUT2D eigenvalue weighted by atomic mass is 32.2. The molecule has 4 aliphatic rings. The van der Waals surface area contributed by atoms with E-state index in [0.29, 0.717) is 13.0 Å². The van der Waals surface area contributed by atoms with Crippen LogP contribution in [0, 0.1) is 17.8 Å². The number of fused-ring (bicyclic) bond motifs is 2. The Hall–Kier alpha value is -1.80. The van der Waals surface area contributed by atoms with Crippen molar-refractivity contribution in [3.05, 3.63) is 24.3 Å². The summed E-state index contributed by atoms with van der Waals surface area (Å²) < 4.78 is 4.00. The largest absolute Gasteiger partial charge is 0.465 e. The van der Waals surface area contributed by atoms with Gasteiger partial charge in [-0.25, -0.2) is 0 Å². The molecule has 1 N–H and O–H groups in total. The Balaban J connectivity index is 1.92. The smallest absolute Gasteiger partial charge is 0.311 e. The number of carbonyl (C=O) groups is 3. The van der Waals surface area contributed by atoms with Gasteiger partial charge in [0.2, 0.25) is 11.8 Å². The molecule has 2 amide bonds. The van der Waals surface area contributed by atoms with E-state index in [1.54, 1.807) is 21.6 Å². The highest BCUT2D eigenvalue weighted by molar-refractivity contribution is 8.02. The molecule has 0 bridgehead atoms. The standard InChI is InChI=1S/C25H36N2O5S/c1-6-16(4)17(14-28)27-20-22(30)26(15(2)3)12-9-11-25(20)18(21(27)29)19-23(31)32-13-8-7-10-24(19,5)33-25/h7,9-11,15-20,28H,6,8,12-14H2,1-5H3/t16-,17-,18-,19+,20?,24-,25-/m0/s1. The molecule has 0 aromatic carbocycles. The molecule has 182 valence electrons. The number of nitrogens with zero attached hydrogens (tertiary/aromatic N) is 2. The van der Waals surface area contributed by atoms with Crippen molar-refractivity contribution in [3.63, 3.8) is 0 Å². The second-order valence-corrected chi connectivity index (χ2v) is 12.0. The third kappa shape index (κ3) is 3.55. The van der Waals surface area contributed by atoms with E-state index in [1.165, 1.54) is 0 Å². The zero-order valence-electron chi connectivity index (χ0n) is 20.2. The second-order valence-electron chi connectivity index (χ2n) is 10.2. The van der Waals surface area contributed by atoms with Crippen molar-refractivity contribution in [2.75, 3.05) is 19.8 Å². The number of amides is 2. The SMILES string of the molecule is CC[C@H](C)[C@H](CO)N1C(=O)[C@@H]2[C@@H]3C(=O)OCCC=C[C@]3(C)S[C@@]23C=CCN(C(C)C)C(=O)C13. The summed E-state index contributed by atoms with van der Waals surface area (Å²) in [5, 5.41) is 10.4. The lowest BCUT2D eigenvalue weighted by atomic mass is 9.74. The van der Waals surface area contributed by atoms with Gasteiger partial charge in [0.05, 0.1) is 35.8 Å². The van der Waals surface area contributed by atoms with Crippen molar-refractivity contribution in [3.8, 4) is 0 Å². The van der Waals surface area contributed by atoms with Crippen LogP contribution in [0.5, 0.6) is 0 Å². The van der Waals surface area contributed by atoms with Crippen molar-refractivity contribution in [1.82, 2.24) is 9.80 Å². The van der Waals surface area contributed by atoms with Crippen LogP contribution in [0.4, 0.5) is 0 Å². The molecule has 4 aliphatic heterocycles. The van der Waals surface area contributed by atoms with Gasteiger partial charge in [-0.05, 0) is 33.1 Å². The summed E-state index contributed by atoms with van der Waals surface area (Å²) in [5.41, 5.74) is 0. The molecule has 0 aromatic rings. The maximum atomic E-state index is 14.2. The zero-order valence-corrected chi connectivity index (χ0v) is 21.0. The van der Waals surface area contributed by atoms with E-state index >= 15 is 0 Å². The summed E-state index contributed by atoms with van der Waals surface area (Å²) in [4.78, 5) is 45.0. The first kappa shape index (κ1) is 24.3. The molecule has 0 saturated carbocycles. The third-order valence-corrected chi connectivity index (χ3v) is 9.75. The Labute approximate surface area is 200 Å². The van der Waals surface area contributed by atoms with Crippen molar-refractivity contribution in [1.29, 1.82) is 0 Å². The molecule has 0 radical (unpaired) electrons. The minimum Gasteiger partial charge on any atom is -0.465 e. The van der Waals surface area contributed by atoms with Crippen LogP contribution >= 0.6 is 11.8 Å². The minimum atomic E-state index is -0.897. The molecule has 1 spiro atoms. The van der Waals surface area contributed by atoms with Gasteiger partial charge in [-0.2, -0.15) is 0 Å². The summed E-state index contributed by atoms with van der Waals surface area (Å²) in [7, 11) is 0. The summed E-state index contributed by atoms with van der Waals surface area (Å²) in [6, 6.07) is -1.31. The second kappa shape index (κ2) is 8.77. The van der Waals surface area contributed by atoms with E-state index in [2.05, 4.69) is 0 Å². The van der Waals surface area contributed by atoms with Crippen LogP contribution in [0.1, 0.15) is 47.5 Å². The minimum absolute atomic E-state index is 0.00271. The molecule has 2 saturated heterocycles. The molecule has 7 nitrogen and oxygen atoms in total. The van der Waals surface area contributed by atoms with Crippen LogP contribution in [-0.4, -0.2) is 80.1 Å². The van der Waals surface area contributed by atoms with E-state index in [-0.39, 0.29) is 43.0 Å². The average Bonchev–Trinajstić information content (AvgIpc) is 3.07. The highest BCUT2D eigenvalue weighted by Crippen LogP contribution is 2.65. The number of carbonyl (C=O) groups excluding carboxylic acids is 3. The molecular formula is C25H36N2O5S. The van der Waals surface area contributed by atoms with Crippen LogP contribution < -0.4 is 0 Å². The van der Waals surface area contributed by atoms with Crippen LogP contribution in [-0.2, 0) is 19.1 Å². The van der Waals surface area contributed by atoms with Gasteiger partial charge >= 0.3 is 5.97 Å². The van der Waals surface area contributed by atoms with Gasteiger partial charge in [0.1, 0.15) is 6.04 Å². The number of cyclic esters (lactones) is 1. The van der Waals surface area contributed by atoms with Gasteiger partial charge in [-0.15, -0.1) is 11.8 Å². The molecule has 0 aliphatic carbocycles. The van der Waals surface area contributed by atoms with Crippen LogP contribution in [0.3, 0.4) is 0 Å². The van der Waals surface area contributed by atoms with Crippen LogP contribution in [0.2, 0.25) is 0 Å². The molecule has 33 heavy (non-hydrogen) atoms. The maximum absolute atomic E-state index is 14.2. The fraction of sp³-hybridized carbons (Fsp3) is 0.720. The molecule has 4 rings (SSSR count). The molecule has 8 heteroatoms. The van der Waals surface area contributed by atoms with Crippen LogP contribution in [0.25, 0.3) is 0 Å². The van der Waals surface area contributed by atoms with E-state index in [9.17, 15) is 19.5 Å². The Morgan fingerprint density at radius 1 is 1.15 bits per heavy atom. The number of aliphatic hydroxyl groups is 1. The zero-order chi connectivity index (χ0) is 24.1. The summed E-state index contributed by atoms with van der Waals surface area (Å²) in [6.07, 6.45) is 9.42. The molecule has 2 fully saturated rings. The van der Waals surface area contributed by atoms with Gasteiger partial charge in [-0.3, -0.25) is 14.4 Å². The average molecular weight is 477 g/mol. The lowest BCUT2D eigenvalue weighted by molar-refractivity contribution is -0.155. The van der Waals surface area contributed by atoms with Crippen LogP contribution in [0.15, 0.2) is 24.3 Å². The fourth-order valence-corrected chi connectivity index (χ4v) is 8.22. The number of rotatable bonds is 5. The number of hydrogen-bond donors (Lipinski definition) is 1. The number of aliphatic hydroxyl groups excluding tert-OH is 1. The first-order valence-electron chi connectivity index (χ1n) is 12.1. The summed E-state index contributed by atoms with van der Waals surface area (Å²) >= 11 is 1.54. The van der Waals surface area contributed by atoms with E-state index in [1.807, 2.05) is 58.9 Å². The van der Waals surface area contributed by atoms with Crippen molar-refractivity contribution in [2.45, 2.75) is 75.1 Å². The fourth-order valence-electron chi connectivity index (χ4n) is 6.08. The van der Waals surface area contributed by atoms with Crippen molar-refractivity contribution in [2.24, 2.45) is 17.8 Å². The topological polar surface area (TPSA) is 87.2 Å². The molecule has 1 unspecified atom stereocenters. The molecular weight excluding hydrogens is 440 g/mol. The summed E-state index contributed by atoms with van der Waals surface area (Å²) in [6.45, 7) is 10.5. The Bertz CT molecular complexity index is 888. The Morgan fingerprint density at radius 2 is 1.88 bits per heavy atom. The predicted molar refractivity (Wildman–Crippen MR) is 127 cm³/mol. The number of likely N-dealkylation sites (tertiary alicyclic amines) is 1. The molecule has 0 aromatic heterocycles. The van der Waals surface area contributed by atoms with E-state index in [0.717, 1.165) is 6.42 Å². The lowest BCUT2D eigenvalue weighted by Gasteiger charge is -2.42. The monoisotopic (exact) mass is 476 g/mol. The van der Waals surface area contributed by atoms with Crippen molar-refractivity contribution < 1.29 is 24.2 Å². The number of ether oxygens (including phenoxy) is 1. The molecule has 7 atom stereocenters. The first-order valence-corrected chi connectivity index (χ1v) is 12.9. The van der Waals surface area contributed by atoms with E-state index in [4.69, 9.17) is 4.74 Å². The van der Waals surface area contributed by atoms with E-state index < -0.39 is 33.4 Å². The Kier molecular flexibility index (Phi) is 6.46. The predicted octanol–water partition coefficient (Wildman–Crippen LogP) is 2.39. The normalized spacial score (nSPS) is 37.8. The number of thioether (sulfide) groups is 1. The summed E-state index contributed by atoms with van der Waals surface area (Å²) in [5.74, 6) is -2.13. The third-order valence-electron chi connectivity index (χ3n) is 7.96. The van der Waals surface area contributed by atoms with Gasteiger partial charge < -0.3 is 19.6 Å². The lowest BCUT2D eigenvalue weighted by Crippen LogP contribution is -2.58. The first-order chi connectivity index (χ1) is 15.6. The number of hydrogen-bond acceptors (Lipinski definition) is 6. The van der Waals surface area contributed by atoms with Gasteiger partial charge in [-0.1, -0.05) is 44.6 Å². The highest BCUT2D eigenvalue weighted by Gasteiger charge is 2.74. The maximum Gasteiger partial charge on any atom is 0.311 e. The number of esters is 1. The van der Waals surface area contributed by atoms with Gasteiger partial charge in [0.25, 0.3) is 0 Å². The molecule has 4 heterocycles. The Morgan fingerprint density at radius 3 is 2.52 bits per heavy atom.